The number of ether oxygens (including phenoxy) is 1. The second-order valence-electron chi connectivity index (χ2n) is 10.4. The van der Waals surface area contributed by atoms with Gasteiger partial charge in [0.2, 0.25) is 5.91 Å². The van der Waals surface area contributed by atoms with E-state index in [9.17, 15) is 25.1 Å². The zero-order valence-electron chi connectivity index (χ0n) is 22.7. The summed E-state index contributed by atoms with van der Waals surface area (Å²) >= 11 is 12.1. The summed E-state index contributed by atoms with van der Waals surface area (Å²) < 4.78 is 36.7. The molecule has 8 nitrogen and oxygen atoms in total. The number of hydrogen-bond acceptors (Lipinski definition) is 7. The summed E-state index contributed by atoms with van der Waals surface area (Å²) in [6, 6.07) is 7.66. The lowest BCUT2D eigenvalue weighted by Crippen LogP contribution is -2.46. The number of aliphatic hydroxyl groups excluding tert-OH is 2. The van der Waals surface area contributed by atoms with Gasteiger partial charge < -0.3 is 20.7 Å². The molecule has 0 spiro atoms. The minimum Gasteiger partial charge on any atom is -0.462 e. The monoisotopic (exact) mass is 611 g/mol. The summed E-state index contributed by atoms with van der Waals surface area (Å²) in [7, 11) is 0. The van der Waals surface area contributed by atoms with E-state index in [4.69, 9.17) is 33.7 Å². The van der Waals surface area contributed by atoms with Crippen LogP contribution in [0.25, 0.3) is 0 Å². The van der Waals surface area contributed by atoms with E-state index in [1.165, 1.54) is 30.3 Å². The molecule has 1 heterocycles. The second kappa shape index (κ2) is 13.4. The molecule has 0 radical (unpaired) electrons. The number of carbonyl (C=O) groups excluding carboxylic acids is 2. The van der Waals surface area contributed by atoms with Crippen LogP contribution in [0.4, 0.5) is 8.78 Å². The predicted octanol–water partition coefficient (Wildman–Crippen LogP) is 4.13. The molecule has 1 aliphatic rings. The largest absolute Gasteiger partial charge is 0.462 e. The molecule has 12 heteroatoms. The Kier molecular flexibility index (Phi) is 10.7. The van der Waals surface area contributed by atoms with Crippen LogP contribution < -0.4 is 11.1 Å². The highest BCUT2D eigenvalue weighted by Gasteiger charge is 2.62. The van der Waals surface area contributed by atoms with Gasteiger partial charge >= 0.3 is 5.97 Å². The fourth-order valence-corrected chi connectivity index (χ4v) is 6.08. The molecule has 2 aromatic carbocycles. The highest BCUT2D eigenvalue weighted by molar-refractivity contribution is 6.31. The van der Waals surface area contributed by atoms with Crippen molar-refractivity contribution >= 4 is 35.1 Å². The van der Waals surface area contributed by atoms with E-state index >= 15 is 8.78 Å². The summed E-state index contributed by atoms with van der Waals surface area (Å²) in [5, 5.41) is 34.2. The quantitative estimate of drug-likeness (QED) is 0.264. The number of primary amides is 1. The minimum absolute atomic E-state index is 0.0681. The van der Waals surface area contributed by atoms with Gasteiger partial charge in [0.05, 0.1) is 23.6 Å². The fraction of sp³-hybridized carbons (Fsp3) is 0.483. The second-order valence-corrected chi connectivity index (χ2v) is 11.3. The molecule has 1 aliphatic heterocycles. The van der Waals surface area contributed by atoms with Crippen molar-refractivity contribution in [1.82, 2.24) is 5.32 Å². The van der Waals surface area contributed by atoms with Crippen LogP contribution >= 0.6 is 23.2 Å². The molecule has 222 valence electrons. The Morgan fingerprint density at radius 1 is 1.24 bits per heavy atom. The average molecular weight is 613 g/mol. The zero-order chi connectivity index (χ0) is 30.5. The SMILES string of the molecule is CCC(CC)(CO)C[C@@H]1N[C@@H](C(=O)OC[C@@H](O)CC(N)=O)[C@H](c2cccc(Cl)c2F)[C@@]1(C#N)c1ccc(Cl)cc1F. The van der Waals surface area contributed by atoms with Crippen LogP contribution in [0.1, 0.15) is 56.6 Å². The molecule has 41 heavy (non-hydrogen) atoms. The number of aliphatic hydroxyl groups is 2. The van der Waals surface area contributed by atoms with E-state index in [1.807, 2.05) is 13.8 Å². The van der Waals surface area contributed by atoms with Crippen molar-refractivity contribution < 1.29 is 33.3 Å². The molecule has 3 rings (SSSR count). The molecule has 1 amide bonds. The Morgan fingerprint density at radius 2 is 1.93 bits per heavy atom. The lowest BCUT2D eigenvalue weighted by molar-refractivity contribution is -0.150. The van der Waals surface area contributed by atoms with Crippen molar-refractivity contribution in [1.29, 1.82) is 5.26 Å². The van der Waals surface area contributed by atoms with E-state index in [0.717, 1.165) is 6.07 Å². The first-order valence-electron chi connectivity index (χ1n) is 13.2. The first-order chi connectivity index (χ1) is 19.4. The van der Waals surface area contributed by atoms with E-state index in [-0.39, 0.29) is 34.2 Å². The van der Waals surface area contributed by atoms with Crippen LogP contribution in [0.5, 0.6) is 0 Å². The van der Waals surface area contributed by atoms with Gasteiger partial charge in [0.1, 0.15) is 29.7 Å². The summed E-state index contributed by atoms with van der Waals surface area (Å²) in [5.41, 5.74) is 2.20. The Bertz CT molecular complexity index is 1310. The number of nitriles is 1. The van der Waals surface area contributed by atoms with E-state index < -0.39 is 71.5 Å². The molecule has 5 atom stereocenters. The summed E-state index contributed by atoms with van der Waals surface area (Å²) in [6.07, 6.45) is -0.767. The smallest absolute Gasteiger partial charge is 0.323 e. The number of hydrogen-bond donors (Lipinski definition) is 4. The molecular weight excluding hydrogens is 579 g/mol. The van der Waals surface area contributed by atoms with Crippen molar-refractivity contribution in [2.75, 3.05) is 13.2 Å². The van der Waals surface area contributed by atoms with Crippen LogP contribution in [0.15, 0.2) is 36.4 Å². The summed E-state index contributed by atoms with van der Waals surface area (Å²) in [5.74, 6) is -4.91. The van der Waals surface area contributed by atoms with Gasteiger partial charge in [-0.05, 0) is 48.4 Å². The predicted molar refractivity (Wildman–Crippen MR) is 149 cm³/mol. The first-order valence-corrected chi connectivity index (χ1v) is 14.0. The van der Waals surface area contributed by atoms with Gasteiger partial charge in [-0.1, -0.05) is 55.2 Å². The van der Waals surface area contributed by atoms with Crippen LogP contribution in [0.2, 0.25) is 10.0 Å². The third kappa shape index (κ3) is 6.50. The molecule has 5 N–H and O–H groups in total. The molecule has 0 unspecified atom stereocenters. The topological polar surface area (TPSA) is 146 Å². The molecular formula is C29H33Cl2F2N3O5. The summed E-state index contributed by atoms with van der Waals surface area (Å²) in [4.78, 5) is 24.7. The molecule has 0 bridgehead atoms. The molecule has 1 fully saturated rings. The maximum atomic E-state index is 15.7. The van der Waals surface area contributed by atoms with Crippen molar-refractivity contribution in [3.63, 3.8) is 0 Å². The van der Waals surface area contributed by atoms with Crippen molar-refractivity contribution in [2.45, 2.75) is 69.1 Å². The number of halogens is 4. The van der Waals surface area contributed by atoms with Gasteiger partial charge in [0, 0.05) is 29.2 Å². The summed E-state index contributed by atoms with van der Waals surface area (Å²) in [6.45, 7) is 2.87. The Labute approximate surface area is 247 Å². The van der Waals surface area contributed by atoms with Crippen molar-refractivity contribution in [3.05, 3.63) is 69.2 Å². The third-order valence-corrected chi connectivity index (χ3v) is 8.74. The zero-order valence-corrected chi connectivity index (χ0v) is 24.2. The van der Waals surface area contributed by atoms with Crippen molar-refractivity contribution in [2.24, 2.45) is 11.1 Å². The minimum atomic E-state index is -1.92. The Hall–Kier alpha value is -2.81. The van der Waals surface area contributed by atoms with Gasteiger partial charge in [-0.15, -0.1) is 0 Å². The maximum absolute atomic E-state index is 15.7. The number of carbonyl (C=O) groups is 2. The number of nitrogens with two attached hydrogens (primary N) is 1. The standard InChI is InChI=1S/C29H33Cl2F2N3O5/c1-3-28(4-2,15-37)12-22-29(14-34,19-9-8-16(30)10-21(19)32)24(18-6-5-7-20(31)25(18)33)26(36-22)27(40)41-13-17(38)11-23(35)39/h5-10,17,22,24,26,36-38H,3-4,11-13,15H2,1-2H3,(H2,35,39)/t17-,22-,24-,26+,29-/m0/s1. The number of rotatable bonds is 12. The van der Waals surface area contributed by atoms with Crippen LogP contribution in [0.3, 0.4) is 0 Å². The van der Waals surface area contributed by atoms with Gasteiger partial charge in [0.25, 0.3) is 0 Å². The Morgan fingerprint density at radius 3 is 2.49 bits per heavy atom. The van der Waals surface area contributed by atoms with Gasteiger partial charge in [-0.25, -0.2) is 8.78 Å². The van der Waals surface area contributed by atoms with Gasteiger partial charge in [0.15, 0.2) is 0 Å². The number of esters is 1. The van der Waals surface area contributed by atoms with E-state index in [0.29, 0.717) is 12.8 Å². The molecule has 0 aliphatic carbocycles. The van der Waals surface area contributed by atoms with Crippen molar-refractivity contribution in [3.8, 4) is 6.07 Å². The van der Waals surface area contributed by atoms with Gasteiger partial charge in [-0.2, -0.15) is 5.26 Å². The number of amides is 1. The highest BCUT2D eigenvalue weighted by Crippen LogP contribution is 2.53. The van der Waals surface area contributed by atoms with Crippen LogP contribution in [0, 0.1) is 28.4 Å². The Balaban J connectivity index is 2.28. The van der Waals surface area contributed by atoms with E-state index in [2.05, 4.69) is 11.4 Å². The van der Waals surface area contributed by atoms with Crippen LogP contribution in [-0.2, 0) is 19.7 Å². The van der Waals surface area contributed by atoms with E-state index in [1.54, 1.807) is 0 Å². The number of benzene rings is 2. The maximum Gasteiger partial charge on any atom is 0.323 e. The van der Waals surface area contributed by atoms with Gasteiger partial charge in [-0.3, -0.25) is 14.9 Å². The fourth-order valence-electron chi connectivity index (χ4n) is 5.74. The highest BCUT2D eigenvalue weighted by atomic mass is 35.5. The average Bonchev–Trinajstić information content (AvgIpc) is 3.25. The molecule has 2 aromatic rings. The normalized spacial score (nSPS) is 23.1. The molecule has 0 saturated carbocycles. The van der Waals surface area contributed by atoms with Crippen LogP contribution in [-0.4, -0.2) is 53.5 Å². The molecule has 0 aromatic heterocycles. The third-order valence-electron chi connectivity index (χ3n) is 8.21. The first kappa shape index (κ1) is 32.7. The number of nitrogens with zero attached hydrogens (tertiary/aromatic N) is 1. The lowest BCUT2D eigenvalue weighted by Gasteiger charge is -2.40. The number of nitrogens with one attached hydrogen (secondary N) is 1. The lowest BCUT2D eigenvalue weighted by atomic mass is 9.61. The molecule has 1 saturated heterocycles.